The number of nitro groups is 4. The van der Waals surface area contributed by atoms with Gasteiger partial charge in [0.25, 0.3) is 39.6 Å². The smallest absolute Gasteiger partial charge is 0.506 e. The van der Waals surface area contributed by atoms with Gasteiger partial charge in [-0.1, -0.05) is 26.7 Å². The van der Waals surface area contributed by atoms with Crippen LogP contribution in [0.3, 0.4) is 0 Å². The number of rotatable bonds is 20. The van der Waals surface area contributed by atoms with Crippen LogP contribution in [0.5, 0.6) is 46.3 Å². The summed E-state index contributed by atoms with van der Waals surface area (Å²) in [6.07, 6.45) is -0.991. The molecule has 1 atom stereocenters. The number of hydrogen-bond donors (Lipinski definition) is 4. The number of benzene rings is 6. The third kappa shape index (κ3) is 17.6. The van der Waals surface area contributed by atoms with Gasteiger partial charge in [0.2, 0.25) is 11.8 Å². The molecule has 0 saturated heterocycles. The molecule has 6 aromatic carbocycles. The van der Waals surface area contributed by atoms with E-state index in [1.807, 2.05) is 47.6 Å². The van der Waals surface area contributed by atoms with Crippen molar-refractivity contribution in [3.63, 3.8) is 0 Å². The van der Waals surface area contributed by atoms with Crippen molar-refractivity contribution in [2.24, 2.45) is 40.9 Å². The number of non-ortho nitro benzene ring substituents is 4. The molecule has 0 bridgehead atoms. The van der Waals surface area contributed by atoms with Crippen LogP contribution in [-0.4, -0.2) is 81.6 Å². The summed E-state index contributed by atoms with van der Waals surface area (Å²) in [6, 6.07) is 25.4. The maximum Gasteiger partial charge on any atom is 0.613 e. The Kier molecular flexibility index (Phi) is 26.0. The predicted octanol–water partition coefficient (Wildman–Crippen LogP) is 16.7. The second-order valence-electron chi connectivity index (χ2n) is 22.2. The van der Waals surface area contributed by atoms with Gasteiger partial charge in [0.15, 0.2) is 17.2 Å². The van der Waals surface area contributed by atoms with Gasteiger partial charge in [-0.3, -0.25) is 59.2 Å². The van der Waals surface area contributed by atoms with Gasteiger partial charge < -0.3 is 49.2 Å². The summed E-state index contributed by atoms with van der Waals surface area (Å²) < 4.78 is 28.1. The zero-order valence-corrected chi connectivity index (χ0v) is 57.9. The second-order valence-corrected chi connectivity index (χ2v) is 22.2. The molecule has 8 aromatic rings. The van der Waals surface area contributed by atoms with Gasteiger partial charge in [0.05, 0.1) is 26.3 Å². The first-order chi connectivity index (χ1) is 49.3. The van der Waals surface area contributed by atoms with Gasteiger partial charge in [-0.2, -0.15) is 5.26 Å². The van der Waals surface area contributed by atoms with Gasteiger partial charge in [-0.15, -0.1) is 40.9 Å². The molecule has 0 amide bonds. The van der Waals surface area contributed by atoms with Crippen molar-refractivity contribution in [2.45, 2.75) is 100 Å². The summed E-state index contributed by atoms with van der Waals surface area (Å²) in [6.45, 7) is 25.6. The maximum atomic E-state index is 13.9. The van der Waals surface area contributed by atoms with Crippen LogP contribution in [0, 0.1) is 72.2 Å². The fraction of sp³-hybridized carbons (Fsp3) is 0.284. The van der Waals surface area contributed by atoms with Crippen molar-refractivity contribution < 1.29 is 75.8 Å². The van der Waals surface area contributed by atoms with Gasteiger partial charge in [0.1, 0.15) is 74.4 Å². The predicted molar refractivity (Wildman–Crippen MR) is 373 cm³/mol. The van der Waals surface area contributed by atoms with E-state index < -0.39 is 48.3 Å². The molecule has 104 heavy (non-hydrogen) atoms. The van der Waals surface area contributed by atoms with E-state index in [-0.39, 0.29) is 155 Å². The van der Waals surface area contributed by atoms with Gasteiger partial charge in [0, 0.05) is 134 Å². The Labute approximate surface area is 601 Å². The third-order valence-corrected chi connectivity index (χ3v) is 15.7. The van der Waals surface area contributed by atoms with Crippen molar-refractivity contribution >= 4 is 85.3 Å². The molecule has 0 saturated carbocycles. The van der Waals surface area contributed by atoms with Crippen molar-refractivity contribution in [3.8, 4) is 52.3 Å². The number of fused-ring (bicyclic) bond motifs is 4. The summed E-state index contributed by atoms with van der Waals surface area (Å²) >= 11 is 0. The summed E-state index contributed by atoms with van der Waals surface area (Å²) in [5, 5.41) is 127. The van der Waals surface area contributed by atoms with Gasteiger partial charge in [-0.05, 0) is 108 Å². The number of nitrogens with zero attached hydrogens (tertiary/aromatic N) is 18. The molecule has 1 unspecified atom stereocenters. The number of phenols is 4. The first-order valence-electron chi connectivity index (χ1n) is 31.7. The second kappa shape index (κ2) is 34.7. The Morgan fingerprint density at radius 3 is 1.26 bits per heavy atom. The Morgan fingerprint density at radius 2 is 0.894 bits per heavy atom. The zero-order valence-electron chi connectivity index (χ0n) is 56.9. The van der Waals surface area contributed by atoms with E-state index in [2.05, 4.69) is 55.6 Å². The Bertz CT molecular complexity index is 4660. The van der Waals surface area contributed by atoms with Crippen LogP contribution in [0.1, 0.15) is 83.9 Å². The Hall–Kier alpha value is -13.3. The molecule has 541 valence electrons. The van der Waals surface area contributed by atoms with Crippen LogP contribution in [0.4, 0.5) is 85.3 Å². The molecule has 1 radical (unpaired) electrons. The fourth-order valence-electron chi connectivity index (χ4n) is 10.1. The van der Waals surface area contributed by atoms with E-state index in [0.717, 1.165) is 95.2 Å². The SMILES string of the molecule is CCN(CC)c1ccc(N=Nc2cc([N+](=O)[O-])ccc2O)c(O)c1.CCN(CC)c1ccc(N=Nc2cc([N+](=O)[O-])ccc2O)c(O)c1.[C-]#[N+]c1c(C)c2c(n(CCCC)c1=O)OC1(Oc3ccc([N+](=O)[O-])cc3N=Nc3c(C)c(C#N)c(=O)n(CCCC)c3O1)Oc1ccc([N+](=O)[O-])cc1N=N2.[Co]. The quantitative estimate of drug-likeness (QED) is 0.0238. The number of unbranched alkanes of at least 4 members (excludes halogenated alkanes) is 2. The molecule has 0 aliphatic carbocycles. The van der Waals surface area contributed by atoms with E-state index in [1.165, 1.54) is 38.1 Å². The number of aromatic hydroxyl groups is 4. The minimum Gasteiger partial charge on any atom is -0.506 e. The number of hydrogen-bond acceptors (Lipinski definition) is 29. The monoisotopic (exact) mass is 1470 g/mol. The molecule has 37 heteroatoms. The van der Waals surface area contributed by atoms with Crippen molar-refractivity contribution in [2.75, 3.05) is 36.0 Å². The molecule has 4 N–H and O–H groups in total. The standard InChI is InChI=1S/C35H30N10O10.2C16H18N4O4.Co/c1-6-8-14-42-31(46)23(18-36)19(3)29-33(42)54-35(52-26-12-10-21(44(48)49)16-24(26)38-40-29)53-27-13-11-22(45(50)51)17-25(27)39-41-30-20(4)28(37-5)32(47)43(15-9-7-2)34(30)55-35;2*1-3-19(4-2)11-5-7-13(16(22)10-11)17-18-14-9-12(20(23)24)6-8-15(14)21;/h10-13,16-17H,6-9,14-15H2,1-4H3;2*5-10,21-22H,3-4H2,1-2H3;. The van der Waals surface area contributed by atoms with Crippen molar-refractivity contribution in [1.29, 1.82) is 5.26 Å². The average Bonchev–Trinajstić information content (AvgIpc) is 1.34. The maximum absolute atomic E-state index is 13.9. The van der Waals surface area contributed by atoms with Gasteiger partial charge in [-0.25, -0.2) is 4.85 Å². The largest absolute Gasteiger partial charge is 0.613 e. The van der Waals surface area contributed by atoms with Crippen LogP contribution in [0.2, 0.25) is 0 Å². The molecule has 0 fully saturated rings. The molecule has 4 heterocycles. The number of phenolic OH excluding ortho intramolecular Hbond substituents is 4. The van der Waals surface area contributed by atoms with Crippen LogP contribution in [0.15, 0.2) is 160 Å². The normalized spacial score (nSPS) is 13.1. The molecule has 1 spiro atoms. The number of anilines is 2. The Balaban J connectivity index is 0.000000254. The molecule has 2 aromatic heterocycles. The number of ether oxygens (including phenoxy) is 4. The average molecular weight is 1470 g/mol. The van der Waals surface area contributed by atoms with E-state index >= 15 is 0 Å². The van der Waals surface area contributed by atoms with E-state index in [9.17, 15) is 75.7 Å². The fourth-order valence-corrected chi connectivity index (χ4v) is 10.1. The first kappa shape index (κ1) is 78.1. The summed E-state index contributed by atoms with van der Waals surface area (Å²) in [5.41, 5.74) is -2.14. The number of nitriles is 1. The van der Waals surface area contributed by atoms with E-state index in [0.29, 0.717) is 25.7 Å². The topological polar surface area (TPSA) is 468 Å². The minimum atomic E-state index is -3.00. The first-order valence-corrected chi connectivity index (χ1v) is 31.7. The van der Waals surface area contributed by atoms with Crippen LogP contribution in [-0.2, 0) is 29.9 Å². The zero-order chi connectivity index (χ0) is 75.0. The summed E-state index contributed by atoms with van der Waals surface area (Å²) in [7, 11) is 0. The number of aromatic nitrogens is 2. The minimum absolute atomic E-state index is 0. The molecule has 2 aliphatic rings. The van der Waals surface area contributed by atoms with Crippen LogP contribution < -0.4 is 39.9 Å². The third-order valence-electron chi connectivity index (χ3n) is 15.7. The van der Waals surface area contributed by atoms with Gasteiger partial charge >= 0.3 is 6.16 Å². The molecule has 36 nitrogen and oxygen atoms in total. The van der Waals surface area contributed by atoms with Crippen molar-refractivity contribution in [1.82, 2.24) is 9.13 Å². The van der Waals surface area contributed by atoms with E-state index in [4.69, 9.17) is 25.5 Å². The van der Waals surface area contributed by atoms with Crippen molar-refractivity contribution in [3.05, 3.63) is 198 Å². The molecule has 10 rings (SSSR count). The number of nitro benzene ring substituents is 4. The molecular formula is C67H66CoN18O18. The molecule has 2 aliphatic heterocycles. The number of azo groups is 4. The van der Waals surface area contributed by atoms with Crippen LogP contribution in [0.25, 0.3) is 4.85 Å². The Morgan fingerprint density at radius 1 is 0.519 bits per heavy atom. The number of pyridine rings is 2. The van der Waals surface area contributed by atoms with Crippen LogP contribution >= 0.6 is 0 Å². The molecular weight excluding hydrogens is 1400 g/mol. The summed E-state index contributed by atoms with van der Waals surface area (Å²) in [4.78, 5) is 78.1. The summed E-state index contributed by atoms with van der Waals surface area (Å²) in [5.74, 6) is -1.90. The van der Waals surface area contributed by atoms with E-state index in [1.54, 1.807) is 36.4 Å².